The van der Waals surface area contributed by atoms with Gasteiger partial charge in [0.1, 0.15) is 0 Å². The second-order valence-electron chi connectivity index (χ2n) is 6.81. The Bertz CT molecular complexity index is 201. The molecule has 0 saturated heterocycles. The Hall–Kier alpha value is -0.0400. The molecule has 0 radical (unpaired) electrons. The maximum atomic E-state index is 3.66. The van der Waals surface area contributed by atoms with E-state index in [-0.39, 0.29) is 0 Å². The number of hydrogen-bond donors (Lipinski definition) is 1. The van der Waals surface area contributed by atoms with Crippen molar-refractivity contribution in [1.82, 2.24) is 5.32 Å². The summed E-state index contributed by atoms with van der Waals surface area (Å²) in [6.45, 7) is 14.4. The van der Waals surface area contributed by atoms with E-state index in [2.05, 4.69) is 53.9 Å². The van der Waals surface area contributed by atoms with Gasteiger partial charge in [0, 0.05) is 5.54 Å². The van der Waals surface area contributed by atoms with E-state index in [0.717, 1.165) is 29.6 Å². The van der Waals surface area contributed by atoms with Gasteiger partial charge in [0.2, 0.25) is 0 Å². The summed E-state index contributed by atoms with van der Waals surface area (Å²) < 4.78 is 0. The van der Waals surface area contributed by atoms with Crippen LogP contribution in [0.4, 0.5) is 0 Å². The van der Waals surface area contributed by atoms with Gasteiger partial charge in [-0.2, -0.15) is 0 Å². The summed E-state index contributed by atoms with van der Waals surface area (Å²) in [6, 6.07) is 0. The summed E-state index contributed by atoms with van der Waals surface area (Å²) in [5, 5.41) is 3.66. The topological polar surface area (TPSA) is 12.0 Å². The fourth-order valence-electron chi connectivity index (χ4n) is 4.03. The van der Waals surface area contributed by atoms with Crippen LogP contribution in [0.3, 0.4) is 0 Å². The molecular formula is C15H31N. The van der Waals surface area contributed by atoms with Gasteiger partial charge < -0.3 is 5.32 Å². The van der Waals surface area contributed by atoms with Crippen LogP contribution in [0.25, 0.3) is 0 Å². The zero-order chi connectivity index (χ0) is 12.5. The first-order chi connectivity index (χ1) is 7.32. The quantitative estimate of drug-likeness (QED) is 0.767. The molecule has 2 atom stereocenters. The summed E-state index contributed by atoms with van der Waals surface area (Å²) in [7, 11) is 2.15. The van der Waals surface area contributed by atoms with Crippen LogP contribution < -0.4 is 5.32 Å². The van der Waals surface area contributed by atoms with Crippen molar-refractivity contribution in [2.24, 2.45) is 29.6 Å². The van der Waals surface area contributed by atoms with E-state index >= 15 is 0 Å². The molecule has 96 valence electrons. The van der Waals surface area contributed by atoms with Gasteiger partial charge in [0.25, 0.3) is 0 Å². The molecule has 0 spiro atoms. The molecule has 1 heteroatoms. The lowest BCUT2D eigenvalue weighted by Crippen LogP contribution is -2.59. The summed E-state index contributed by atoms with van der Waals surface area (Å²) in [5.41, 5.74) is 0.328. The molecule has 0 aromatic heterocycles. The summed E-state index contributed by atoms with van der Waals surface area (Å²) in [6.07, 6.45) is 2.77. The van der Waals surface area contributed by atoms with Gasteiger partial charge in [-0.3, -0.25) is 0 Å². The van der Waals surface area contributed by atoms with Crippen LogP contribution in [0.1, 0.15) is 54.4 Å². The van der Waals surface area contributed by atoms with Crippen LogP contribution in [0.15, 0.2) is 0 Å². The lowest BCUT2D eigenvalue weighted by atomic mass is 9.58. The van der Waals surface area contributed by atoms with E-state index in [1.165, 1.54) is 12.8 Å². The Morgan fingerprint density at radius 2 is 1.38 bits per heavy atom. The molecule has 0 bridgehead atoms. The average Bonchev–Trinajstić information content (AvgIpc) is 2.20. The van der Waals surface area contributed by atoms with E-state index in [0.29, 0.717) is 5.54 Å². The maximum absolute atomic E-state index is 3.66. The first-order valence-electron chi connectivity index (χ1n) is 7.01. The summed E-state index contributed by atoms with van der Waals surface area (Å²) in [4.78, 5) is 0. The fourth-order valence-corrected chi connectivity index (χ4v) is 4.03. The highest BCUT2D eigenvalue weighted by molar-refractivity contribution is 5.01. The number of rotatable bonds is 3. The van der Waals surface area contributed by atoms with Crippen LogP contribution in [-0.2, 0) is 0 Å². The summed E-state index contributed by atoms with van der Waals surface area (Å²) >= 11 is 0. The van der Waals surface area contributed by atoms with Crippen molar-refractivity contribution in [2.45, 2.75) is 59.9 Å². The van der Waals surface area contributed by atoms with Gasteiger partial charge in [-0.05, 0) is 56.4 Å². The van der Waals surface area contributed by atoms with E-state index in [4.69, 9.17) is 0 Å². The standard InChI is InChI=1S/C15H31N/c1-10(2)13-8-12(5)9-14(11(3)4)15(13,6)16-7/h10-14,16H,8-9H2,1-7H3. The highest BCUT2D eigenvalue weighted by Gasteiger charge is 2.46. The zero-order valence-electron chi connectivity index (χ0n) is 12.3. The van der Waals surface area contributed by atoms with Gasteiger partial charge in [-0.1, -0.05) is 34.6 Å². The Kier molecular flexibility index (Phi) is 4.45. The van der Waals surface area contributed by atoms with E-state index in [1.807, 2.05) is 0 Å². The van der Waals surface area contributed by atoms with E-state index in [1.54, 1.807) is 0 Å². The smallest absolute Gasteiger partial charge is 0.0211 e. The Morgan fingerprint density at radius 1 is 1.00 bits per heavy atom. The normalized spacial score (nSPS) is 40.7. The van der Waals surface area contributed by atoms with Crippen molar-refractivity contribution in [3.8, 4) is 0 Å². The molecule has 0 aromatic carbocycles. The predicted molar refractivity (Wildman–Crippen MR) is 72.5 cm³/mol. The molecule has 16 heavy (non-hydrogen) atoms. The molecule has 1 saturated carbocycles. The molecule has 1 aliphatic rings. The SMILES string of the molecule is CNC1(C)C(C(C)C)CC(C)CC1C(C)C. The maximum Gasteiger partial charge on any atom is 0.0211 e. The summed E-state index contributed by atoms with van der Waals surface area (Å²) in [5.74, 6) is 4.08. The van der Waals surface area contributed by atoms with Crippen LogP contribution in [-0.4, -0.2) is 12.6 Å². The van der Waals surface area contributed by atoms with Gasteiger partial charge in [0.05, 0.1) is 0 Å². The Morgan fingerprint density at radius 3 is 1.62 bits per heavy atom. The molecule has 0 aliphatic heterocycles. The number of hydrogen-bond acceptors (Lipinski definition) is 1. The molecule has 1 fully saturated rings. The minimum atomic E-state index is 0.328. The molecular weight excluding hydrogens is 194 g/mol. The van der Waals surface area contributed by atoms with Crippen LogP contribution in [0.2, 0.25) is 0 Å². The third-order valence-corrected chi connectivity index (χ3v) is 5.00. The first kappa shape index (κ1) is 14.0. The van der Waals surface area contributed by atoms with Gasteiger partial charge in [-0.15, -0.1) is 0 Å². The molecule has 0 heterocycles. The van der Waals surface area contributed by atoms with Crippen molar-refractivity contribution in [3.05, 3.63) is 0 Å². The third kappa shape index (κ3) is 2.45. The van der Waals surface area contributed by atoms with Crippen LogP contribution in [0.5, 0.6) is 0 Å². The molecule has 1 nitrogen and oxygen atoms in total. The Labute approximate surface area is 102 Å². The number of nitrogens with one attached hydrogen (secondary N) is 1. The largest absolute Gasteiger partial charge is 0.314 e. The second-order valence-corrected chi connectivity index (χ2v) is 6.81. The molecule has 2 unspecified atom stereocenters. The minimum Gasteiger partial charge on any atom is -0.314 e. The van der Waals surface area contributed by atoms with Crippen molar-refractivity contribution in [3.63, 3.8) is 0 Å². The lowest BCUT2D eigenvalue weighted by molar-refractivity contribution is 0.0138. The highest BCUT2D eigenvalue weighted by Crippen LogP contribution is 2.46. The molecule has 1 rings (SSSR count). The fraction of sp³-hybridized carbons (Fsp3) is 1.00. The minimum absolute atomic E-state index is 0.328. The van der Waals surface area contributed by atoms with Crippen LogP contribution >= 0.6 is 0 Å². The zero-order valence-corrected chi connectivity index (χ0v) is 12.3. The highest BCUT2D eigenvalue weighted by atomic mass is 15.0. The first-order valence-corrected chi connectivity index (χ1v) is 7.01. The monoisotopic (exact) mass is 225 g/mol. The molecule has 0 aromatic rings. The van der Waals surface area contributed by atoms with Gasteiger partial charge in [0.15, 0.2) is 0 Å². The van der Waals surface area contributed by atoms with Crippen molar-refractivity contribution in [1.29, 1.82) is 0 Å². The predicted octanol–water partition coefficient (Wildman–Crippen LogP) is 3.94. The second kappa shape index (κ2) is 5.08. The average molecular weight is 225 g/mol. The Balaban J connectivity index is 2.99. The molecule has 1 N–H and O–H groups in total. The van der Waals surface area contributed by atoms with Gasteiger partial charge in [-0.25, -0.2) is 0 Å². The van der Waals surface area contributed by atoms with Gasteiger partial charge >= 0.3 is 0 Å². The van der Waals surface area contributed by atoms with Crippen molar-refractivity contribution < 1.29 is 0 Å². The van der Waals surface area contributed by atoms with Crippen molar-refractivity contribution in [2.75, 3.05) is 7.05 Å². The molecule has 1 aliphatic carbocycles. The third-order valence-electron chi connectivity index (χ3n) is 5.00. The van der Waals surface area contributed by atoms with E-state index in [9.17, 15) is 0 Å². The lowest BCUT2D eigenvalue weighted by Gasteiger charge is -2.53. The van der Waals surface area contributed by atoms with E-state index < -0.39 is 0 Å². The van der Waals surface area contributed by atoms with Crippen molar-refractivity contribution >= 4 is 0 Å². The molecule has 0 amide bonds. The van der Waals surface area contributed by atoms with Crippen LogP contribution in [0, 0.1) is 29.6 Å².